The van der Waals surface area contributed by atoms with Gasteiger partial charge in [0.15, 0.2) is 0 Å². The molecular formula is C14H24N4. The van der Waals surface area contributed by atoms with Gasteiger partial charge in [0, 0.05) is 42.6 Å². The highest BCUT2D eigenvalue weighted by Crippen LogP contribution is 2.17. The number of nitrogens with one attached hydrogen (secondary N) is 1. The van der Waals surface area contributed by atoms with E-state index in [9.17, 15) is 0 Å². The quantitative estimate of drug-likeness (QED) is 0.891. The summed E-state index contributed by atoms with van der Waals surface area (Å²) in [5.41, 5.74) is 2.40. The van der Waals surface area contributed by atoms with Crippen molar-refractivity contribution in [2.24, 2.45) is 0 Å². The molecule has 1 aliphatic rings. The van der Waals surface area contributed by atoms with Gasteiger partial charge in [-0.25, -0.2) is 9.97 Å². The molecule has 2 heterocycles. The largest absolute Gasteiger partial charge is 0.341 e. The number of aryl methyl sites for hydroxylation is 1. The highest BCUT2D eigenvalue weighted by molar-refractivity contribution is 5.33. The van der Waals surface area contributed by atoms with Crippen LogP contribution in [0.4, 0.5) is 5.95 Å². The van der Waals surface area contributed by atoms with Crippen molar-refractivity contribution in [2.45, 2.75) is 52.6 Å². The molecule has 0 saturated carbocycles. The first kappa shape index (κ1) is 13.3. The summed E-state index contributed by atoms with van der Waals surface area (Å²) in [5, 5.41) is 3.47. The molecule has 0 aromatic carbocycles. The lowest BCUT2D eigenvalue weighted by Gasteiger charge is -2.21. The van der Waals surface area contributed by atoms with Crippen LogP contribution in [0.2, 0.25) is 0 Å². The molecule has 1 N–H and O–H groups in total. The van der Waals surface area contributed by atoms with Gasteiger partial charge in [0.25, 0.3) is 0 Å². The summed E-state index contributed by atoms with van der Waals surface area (Å²) in [6.07, 6.45) is 4.49. The molecule has 1 aliphatic heterocycles. The smallest absolute Gasteiger partial charge is 0.225 e. The normalized spacial score (nSPS) is 16.3. The fraction of sp³-hybridized carbons (Fsp3) is 0.714. The zero-order chi connectivity index (χ0) is 13.2. The van der Waals surface area contributed by atoms with Crippen LogP contribution >= 0.6 is 0 Å². The van der Waals surface area contributed by atoms with Crippen LogP contribution in [0.25, 0.3) is 0 Å². The zero-order valence-electron chi connectivity index (χ0n) is 12.0. The Labute approximate surface area is 110 Å². The predicted octanol–water partition coefficient (Wildman–Crippen LogP) is 2.27. The molecule has 0 radical (unpaired) electrons. The number of aromatic nitrogens is 2. The Bertz CT molecular complexity index is 403. The zero-order valence-corrected chi connectivity index (χ0v) is 12.0. The molecule has 0 spiro atoms. The lowest BCUT2D eigenvalue weighted by molar-refractivity contribution is 0.423. The maximum absolute atomic E-state index is 4.63. The lowest BCUT2D eigenvalue weighted by atomic mass is 10.1. The van der Waals surface area contributed by atoms with E-state index in [-0.39, 0.29) is 5.54 Å². The number of anilines is 1. The fourth-order valence-electron chi connectivity index (χ4n) is 2.08. The highest BCUT2D eigenvalue weighted by Gasteiger charge is 2.16. The van der Waals surface area contributed by atoms with Crippen molar-refractivity contribution in [3.63, 3.8) is 0 Å². The second kappa shape index (κ2) is 5.22. The van der Waals surface area contributed by atoms with Crippen LogP contribution < -0.4 is 10.2 Å². The molecule has 1 aromatic rings. The van der Waals surface area contributed by atoms with Crippen LogP contribution in [-0.4, -0.2) is 28.6 Å². The van der Waals surface area contributed by atoms with E-state index in [0.29, 0.717) is 0 Å². The Morgan fingerprint density at radius 2 is 1.94 bits per heavy atom. The van der Waals surface area contributed by atoms with Crippen molar-refractivity contribution < 1.29 is 0 Å². The van der Waals surface area contributed by atoms with E-state index in [1.165, 1.54) is 18.4 Å². The summed E-state index contributed by atoms with van der Waals surface area (Å²) in [6, 6.07) is 0. The molecule has 1 fully saturated rings. The van der Waals surface area contributed by atoms with Gasteiger partial charge in [-0.2, -0.15) is 0 Å². The molecule has 1 saturated heterocycles. The molecule has 18 heavy (non-hydrogen) atoms. The summed E-state index contributed by atoms with van der Waals surface area (Å²) in [5.74, 6) is 0.893. The van der Waals surface area contributed by atoms with E-state index in [0.717, 1.165) is 31.3 Å². The Hall–Kier alpha value is -1.16. The molecule has 4 heteroatoms. The van der Waals surface area contributed by atoms with Gasteiger partial charge in [-0.15, -0.1) is 0 Å². The van der Waals surface area contributed by atoms with E-state index in [1.54, 1.807) is 0 Å². The third kappa shape index (κ3) is 3.42. The molecule has 1 aromatic heterocycles. The first-order valence-electron chi connectivity index (χ1n) is 6.78. The van der Waals surface area contributed by atoms with Crippen LogP contribution in [0, 0.1) is 6.92 Å². The molecule has 0 bridgehead atoms. The third-order valence-corrected chi connectivity index (χ3v) is 3.27. The average Bonchev–Trinajstić information content (AvgIpc) is 2.79. The number of hydrogen-bond acceptors (Lipinski definition) is 4. The minimum Gasteiger partial charge on any atom is -0.341 e. The second-order valence-electron chi connectivity index (χ2n) is 6.08. The summed E-state index contributed by atoms with van der Waals surface area (Å²) >= 11 is 0. The Morgan fingerprint density at radius 3 is 2.50 bits per heavy atom. The van der Waals surface area contributed by atoms with Gasteiger partial charge in [0.2, 0.25) is 5.95 Å². The Balaban J connectivity index is 2.05. The van der Waals surface area contributed by atoms with Gasteiger partial charge < -0.3 is 10.2 Å². The third-order valence-electron chi connectivity index (χ3n) is 3.27. The van der Waals surface area contributed by atoms with Gasteiger partial charge in [0.05, 0.1) is 0 Å². The van der Waals surface area contributed by atoms with Crippen LogP contribution in [0.1, 0.15) is 44.9 Å². The van der Waals surface area contributed by atoms with Crippen molar-refractivity contribution in [3.8, 4) is 0 Å². The topological polar surface area (TPSA) is 41.1 Å². The fourth-order valence-corrected chi connectivity index (χ4v) is 2.08. The van der Waals surface area contributed by atoms with Crippen LogP contribution in [0.3, 0.4) is 0 Å². The number of nitrogens with zero attached hydrogens (tertiary/aromatic N) is 3. The minimum atomic E-state index is 0.125. The van der Waals surface area contributed by atoms with Crippen molar-refractivity contribution >= 4 is 5.95 Å². The molecule has 4 nitrogen and oxygen atoms in total. The Morgan fingerprint density at radius 1 is 1.28 bits per heavy atom. The van der Waals surface area contributed by atoms with Crippen LogP contribution in [0.15, 0.2) is 6.20 Å². The van der Waals surface area contributed by atoms with Crippen molar-refractivity contribution in [1.82, 2.24) is 15.3 Å². The maximum Gasteiger partial charge on any atom is 0.225 e. The molecule has 2 rings (SSSR count). The monoisotopic (exact) mass is 248 g/mol. The van der Waals surface area contributed by atoms with E-state index in [2.05, 4.69) is 47.9 Å². The van der Waals surface area contributed by atoms with Gasteiger partial charge in [-0.3, -0.25) is 0 Å². The number of hydrogen-bond donors (Lipinski definition) is 1. The van der Waals surface area contributed by atoms with Gasteiger partial charge in [0.1, 0.15) is 0 Å². The highest BCUT2D eigenvalue weighted by atomic mass is 15.3. The summed E-state index contributed by atoms with van der Waals surface area (Å²) in [4.78, 5) is 11.4. The molecule has 0 atom stereocenters. The van der Waals surface area contributed by atoms with Crippen LogP contribution in [-0.2, 0) is 6.54 Å². The van der Waals surface area contributed by atoms with Crippen molar-refractivity contribution in [3.05, 3.63) is 17.5 Å². The van der Waals surface area contributed by atoms with Gasteiger partial charge in [-0.1, -0.05) is 0 Å². The molecule has 0 aliphatic carbocycles. The summed E-state index contributed by atoms with van der Waals surface area (Å²) < 4.78 is 0. The number of rotatable bonds is 3. The van der Waals surface area contributed by atoms with E-state index >= 15 is 0 Å². The lowest BCUT2D eigenvalue weighted by Crippen LogP contribution is -2.35. The molecular weight excluding hydrogens is 224 g/mol. The SMILES string of the molecule is Cc1nc(N2CCCC2)ncc1CNC(C)(C)C. The van der Waals surface area contributed by atoms with Crippen molar-refractivity contribution in [2.75, 3.05) is 18.0 Å². The van der Waals surface area contributed by atoms with E-state index in [1.807, 2.05) is 6.20 Å². The first-order valence-corrected chi connectivity index (χ1v) is 6.78. The minimum absolute atomic E-state index is 0.125. The molecule has 0 unspecified atom stereocenters. The van der Waals surface area contributed by atoms with Crippen molar-refractivity contribution in [1.29, 1.82) is 0 Å². The van der Waals surface area contributed by atoms with Gasteiger partial charge in [-0.05, 0) is 40.5 Å². The molecule has 100 valence electrons. The van der Waals surface area contributed by atoms with Gasteiger partial charge >= 0.3 is 0 Å². The predicted molar refractivity (Wildman–Crippen MR) is 74.8 cm³/mol. The molecule has 0 amide bonds. The summed E-state index contributed by atoms with van der Waals surface area (Å²) in [7, 11) is 0. The van der Waals surface area contributed by atoms with Crippen LogP contribution in [0.5, 0.6) is 0 Å². The second-order valence-corrected chi connectivity index (χ2v) is 6.08. The summed E-state index contributed by atoms with van der Waals surface area (Å²) in [6.45, 7) is 11.6. The Kier molecular flexibility index (Phi) is 3.85. The van der Waals surface area contributed by atoms with E-state index < -0.39 is 0 Å². The van der Waals surface area contributed by atoms with E-state index in [4.69, 9.17) is 0 Å². The first-order chi connectivity index (χ1) is 8.46. The standard InChI is InChI=1S/C14H24N4/c1-11-12(10-16-14(2,3)4)9-15-13(17-11)18-7-5-6-8-18/h9,16H,5-8,10H2,1-4H3. The average molecular weight is 248 g/mol. The maximum atomic E-state index is 4.63.